The van der Waals surface area contributed by atoms with Gasteiger partial charge in [-0.2, -0.15) is 16.9 Å². The van der Waals surface area contributed by atoms with E-state index >= 15 is 0 Å². The molecule has 1 aromatic heterocycles. The summed E-state index contributed by atoms with van der Waals surface area (Å²) in [5.74, 6) is 1.95. The Bertz CT molecular complexity index is 757. The Morgan fingerprint density at radius 2 is 2.14 bits per heavy atom. The number of nitrogens with one attached hydrogen (secondary N) is 2. The van der Waals surface area contributed by atoms with Crippen molar-refractivity contribution in [2.75, 3.05) is 32.6 Å². The minimum absolute atomic E-state index is 0. The quantitative estimate of drug-likeness (QED) is 0.323. The number of aromatic nitrogens is 2. The van der Waals surface area contributed by atoms with Crippen molar-refractivity contribution in [1.82, 2.24) is 20.4 Å². The van der Waals surface area contributed by atoms with Gasteiger partial charge in [0.2, 0.25) is 0 Å². The van der Waals surface area contributed by atoms with Crippen molar-refractivity contribution in [3.05, 3.63) is 48.3 Å². The van der Waals surface area contributed by atoms with Crippen LogP contribution in [0.4, 0.5) is 0 Å². The summed E-state index contributed by atoms with van der Waals surface area (Å²) in [6, 6.07) is 10.5. The maximum Gasteiger partial charge on any atom is 0.191 e. The van der Waals surface area contributed by atoms with Gasteiger partial charge in [-0.3, -0.25) is 4.99 Å². The van der Waals surface area contributed by atoms with E-state index in [9.17, 15) is 0 Å². The Kier molecular flexibility index (Phi) is 9.78. The lowest BCUT2D eigenvalue weighted by atomic mass is 9.99. The van der Waals surface area contributed by atoms with Gasteiger partial charge < -0.3 is 15.4 Å². The summed E-state index contributed by atoms with van der Waals surface area (Å²) in [4.78, 5) is 4.44. The highest BCUT2D eigenvalue weighted by molar-refractivity contribution is 14.0. The van der Waals surface area contributed by atoms with E-state index in [0.29, 0.717) is 0 Å². The number of hydrogen-bond donors (Lipinski definition) is 2. The fraction of sp³-hybridized carbons (Fsp3) is 0.524. The second kappa shape index (κ2) is 11.8. The van der Waals surface area contributed by atoms with Crippen LogP contribution in [-0.4, -0.2) is 53.0 Å². The van der Waals surface area contributed by atoms with E-state index in [1.807, 2.05) is 35.8 Å². The monoisotopic (exact) mass is 529 g/mol. The minimum Gasteiger partial charge on any atom is -0.381 e. The molecule has 160 valence electrons. The fourth-order valence-corrected chi connectivity index (χ4v) is 4.75. The molecule has 1 saturated heterocycles. The van der Waals surface area contributed by atoms with E-state index in [2.05, 4.69) is 58.8 Å². The Hall–Kier alpha value is -1.26. The Morgan fingerprint density at radius 3 is 2.79 bits per heavy atom. The van der Waals surface area contributed by atoms with Crippen molar-refractivity contribution in [3.63, 3.8) is 0 Å². The van der Waals surface area contributed by atoms with Crippen LogP contribution < -0.4 is 10.6 Å². The molecular formula is C21H32IN5OS. The van der Waals surface area contributed by atoms with Crippen LogP contribution in [0.1, 0.15) is 38.3 Å². The van der Waals surface area contributed by atoms with E-state index in [4.69, 9.17) is 4.74 Å². The molecule has 29 heavy (non-hydrogen) atoms. The van der Waals surface area contributed by atoms with Gasteiger partial charge in [-0.25, -0.2) is 4.68 Å². The molecule has 6 nitrogen and oxygen atoms in total. The Balaban J connectivity index is 0.00000300. The lowest BCUT2D eigenvalue weighted by molar-refractivity contribution is 0.0782. The summed E-state index contributed by atoms with van der Waals surface area (Å²) >= 11 is 2.03. The van der Waals surface area contributed by atoms with E-state index in [1.165, 1.54) is 5.56 Å². The van der Waals surface area contributed by atoms with E-state index in [1.54, 1.807) is 6.20 Å². The van der Waals surface area contributed by atoms with Crippen LogP contribution in [0.3, 0.4) is 0 Å². The zero-order valence-electron chi connectivity index (χ0n) is 17.4. The van der Waals surface area contributed by atoms with Crippen LogP contribution >= 0.6 is 35.7 Å². The van der Waals surface area contributed by atoms with Crippen molar-refractivity contribution in [1.29, 1.82) is 0 Å². The number of benzene rings is 1. The molecule has 0 radical (unpaired) electrons. The number of rotatable bonds is 7. The largest absolute Gasteiger partial charge is 0.381 e. The number of aliphatic imine (C=N–C) groups is 1. The standard InChI is InChI=1S/C21H31N5OS.HI/c1-4-28-21(9-13-27-14-10-21)16-23-20(22-3)25-17(2)18-7-5-8-19(15-18)26-12-6-11-24-26;/h5-8,11-12,15,17H,4,9-10,13-14,16H2,1-3H3,(H2,22,23,25);1H. The van der Waals surface area contributed by atoms with Crippen LogP contribution in [0, 0.1) is 0 Å². The Morgan fingerprint density at radius 1 is 1.34 bits per heavy atom. The number of halogens is 1. The highest BCUT2D eigenvalue weighted by Crippen LogP contribution is 2.34. The third-order valence-electron chi connectivity index (χ3n) is 5.15. The first kappa shape index (κ1) is 24.0. The van der Waals surface area contributed by atoms with E-state index in [-0.39, 0.29) is 34.8 Å². The zero-order valence-corrected chi connectivity index (χ0v) is 20.6. The van der Waals surface area contributed by atoms with Crippen LogP contribution in [0.2, 0.25) is 0 Å². The van der Waals surface area contributed by atoms with Crippen molar-refractivity contribution < 1.29 is 4.74 Å². The predicted octanol–water partition coefficient (Wildman–Crippen LogP) is 4.02. The smallest absolute Gasteiger partial charge is 0.191 e. The second-order valence-corrected chi connectivity index (χ2v) is 8.80. The van der Waals surface area contributed by atoms with Crippen molar-refractivity contribution in [2.45, 2.75) is 37.5 Å². The zero-order chi connectivity index (χ0) is 19.8. The molecule has 0 amide bonds. The maximum atomic E-state index is 5.57. The van der Waals surface area contributed by atoms with Gasteiger partial charge in [0.25, 0.3) is 0 Å². The molecule has 1 fully saturated rings. The van der Waals surface area contributed by atoms with Gasteiger partial charge in [0.1, 0.15) is 0 Å². The lowest BCUT2D eigenvalue weighted by Crippen LogP contribution is -2.48. The van der Waals surface area contributed by atoms with Gasteiger partial charge in [-0.1, -0.05) is 19.1 Å². The summed E-state index contributed by atoms with van der Waals surface area (Å²) < 4.78 is 7.68. The number of nitrogens with zero attached hydrogens (tertiary/aromatic N) is 3. The van der Waals surface area contributed by atoms with Crippen LogP contribution in [0.25, 0.3) is 5.69 Å². The molecular weight excluding hydrogens is 497 g/mol. The van der Waals surface area contributed by atoms with Crippen molar-refractivity contribution in [3.8, 4) is 5.69 Å². The number of guanidine groups is 1. The molecule has 3 rings (SSSR count). The third-order valence-corrected chi connectivity index (χ3v) is 6.60. The maximum absolute atomic E-state index is 5.57. The normalized spacial score (nSPS) is 17.3. The minimum atomic E-state index is 0. The second-order valence-electron chi connectivity index (χ2n) is 7.07. The van der Waals surface area contributed by atoms with Gasteiger partial charge in [0, 0.05) is 43.9 Å². The predicted molar refractivity (Wildman–Crippen MR) is 133 cm³/mol. The first-order chi connectivity index (χ1) is 13.7. The highest BCUT2D eigenvalue weighted by Gasteiger charge is 2.32. The van der Waals surface area contributed by atoms with Gasteiger partial charge in [0.15, 0.2) is 5.96 Å². The molecule has 2 aromatic rings. The molecule has 2 N–H and O–H groups in total. The molecule has 0 aliphatic carbocycles. The molecule has 0 spiro atoms. The molecule has 1 aromatic carbocycles. The Labute approximate surface area is 195 Å². The van der Waals surface area contributed by atoms with E-state index < -0.39 is 0 Å². The molecule has 8 heteroatoms. The van der Waals surface area contributed by atoms with Crippen molar-refractivity contribution >= 4 is 41.7 Å². The average molecular weight is 529 g/mol. The highest BCUT2D eigenvalue weighted by atomic mass is 127. The fourth-order valence-electron chi connectivity index (χ4n) is 3.51. The molecule has 1 unspecified atom stereocenters. The molecule has 0 saturated carbocycles. The third kappa shape index (κ3) is 6.62. The van der Waals surface area contributed by atoms with E-state index in [0.717, 1.165) is 50.0 Å². The van der Waals surface area contributed by atoms with Crippen LogP contribution in [-0.2, 0) is 4.74 Å². The first-order valence-electron chi connectivity index (χ1n) is 9.95. The summed E-state index contributed by atoms with van der Waals surface area (Å²) in [6.07, 6.45) is 5.91. The van der Waals surface area contributed by atoms with Gasteiger partial charge in [-0.05, 0) is 49.3 Å². The molecule has 1 aliphatic heterocycles. The molecule has 1 aliphatic rings. The first-order valence-corrected chi connectivity index (χ1v) is 10.9. The number of ether oxygens (including phenoxy) is 1. The molecule has 1 atom stereocenters. The lowest BCUT2D eigenvalue weighted by Gasteiger charge is -2.37. The SMILES string of the molecule is CCSC1(CNC(=NC)NC(C)c2cccc(-n3cccn3)c2)CCOCC1.I. The summed E-state index contributed by atoms with van der Waals surface area (Å²) in [5, 5.41) is 11.4. The van der Waals surface area contributed by atoms with Crippen LogP contribution in [0.15, 0.2) is 47.7 Å². The van der Waals surface area contributed by atoms with Gasteiger partial charge >= 0.3 is 0 Å². The number of hydrogen-bond acceptors (Lipinski definition) is 4. The average Bonchev–Trinajstić information content (AvgIpc) is 3.27. The number of thioether (sulfide) groups is 1. The summed E-state index contributed by atoms with van der Waals surface area (Å²) in [6.45, 7) is 6.97. The molecule has 0 bridgehead atoms. The van der Waals surface area contributed by atoms with Crippen molar-refractivity contribution in [2.24, 2.45) is 4.99 Å². The summed E-state index contributed by atoms with van der Waals surface area (Å²) in [7, 11) is 1.83. The van der Waals surface area contributed by atoms with Gasteiger partial charge in [-0.15, -0.1) is 24.0 Å². The van der Waals surface area contributed by atoms with Gasteiger partial charge in [0.05, 0.1) is 11.7 Å². The molecule has 2 heterocycles. The van der Waals surface area contributed by atoms with Crippen LogP contribution in [0.5, 0.6) is 0 Å². The topological polar surface area (TPSA) is 63.5 Å². The summed E-state index contributed by atoms with van der Waals surface area (Å²) in [5.41, 5.74) is 2.25.